The van der Waals surface area contributed by atoms with Gasteiger partial charge in [-0.1, -0.05) is 6.07 Å². The molecule has 2 saturated heterocycles. The van der Waals surface area contributed by atoms with Crippen LogP contribution in [0.25, 0.3) is 0 Å². The summed E-state index contributed by atoms with van der Waals surface area (Å²) in [6.45, 7) is 4.83. The number of hydrogen-bond donors (Lipinski definition) is 1. The Kier molecular flexibility index (Phi) is 6.81. The van der Waals surface area contributed by atoms with Gasteiger partial charge >= 0.3 is 5.97 Å². The highest BCUT2D eigenvalue weighted by molar-refractivity contribution is 7.89. The lowest BCUT2D eigenvalue weighted by molar-refractivity contribution is 0.0600. The fourth-order valence-electron chi connectivity index (χ4n) is 3.32. The van der Waals surface area contributed by atoms with Crippen molar-refractivity contribution in [2.45, 2.75) is 17.4 Å². The summed E-state index contributed by atoms with van der Waals surface area (Å²) >= 11 is 0. The fraction of sp³-hybridized carbons (Fsp3) is 0.562. The highest BCUT2D eigenvalue weighted by Crippen LogP contribution is 2.24. The number of carbonyl (C=O) groups excluding carboxylic acids is 1. The minimum absolute atomic E-state index is 0. The number of halogens is 1. The molecular formula is C16H24ClN3O4S. The summed E-state index contributed by atoms with van der Waals surface area (Å²) in [5.74, 6) is -0.535. The van der Waals surface area contributed by atoms with Crippen LogP contribution >= 0.6 is 12.4 Å². The van der Waals surface area contributed by atoms with Gasteiger partial charge in [-0.15, -0.1) is 12.4 Å². The van der Waals surface area contributed by atoms with Crippen molar-refractivity contribution in [1.82, 2.24) is 14.5 Å². The van der Waals surface area contributed by atoms with Gasteiger partial charge in [-0.2, -0.15) is 4.31 Å². The Morgan fingerprint density at radius 1 is 1.24 bits per heavy atom. The molecule has 1 N–H and O–H groups in total. The average molecular weight is 390 g/mol. The minimum atomic E-state index is -3.59. The Bertz CT molecular complexity index is 707. The van der Waals surface area contributed by atoms with Crippen LogP contribution in [0, 0.1) is 0 Å². The van der Waals surface area contributed by atoms with E-state index < -0.39 is 16.0 Å². The number of ether oxygens (including phenoxy) is 1. The Morgan fingerprint density at radius 3 is 2.64 bits per heavy atom. The van der Waals surface area contributed by atoms with Crippen molar-refractivity contribution < 1.29 is 17.9 Å². The van der Waals surface area contributed by atoms with Gasteiger partial charge < -0.3 is 10.1 Å². The zero-order valence-corrected chi connectivity index (χ0v) is 15.8. The molecule has 0 amide bonds. The number of rotatable bonds is 4. The molecule has 0 radical (unpaired) electrons. The third-order valence-electron chi connectivity index (χ3n) is 4.69. The van der Waals surface area contributed by atoms with Gasteiger partial charge in [0.15, 0.2) is 0 Å². The monoisotopic (exact) mass is 389 g/mol. The second-order valence-electron chi connectivity index (χ2n) is 6.11. The number of nitrogens with one attached hydrogen (secondary N) is 1. The van der Waals surface area contributed by atoms with E-state index in [4.69, 9.17) is 0 Å². The first-order valence-electron chi connectivity index (χ1n) is 8.15. The lowest BCUT2D eigenvalue weighted by atomic mass is 10.2. The van der Waals surface area contributed by atoms with Gasteiger partial charge in [-0.25, -0.2) is 13.2 Å². The van der Waals surface area contributed by atoms with Crippen molar-refractivity contribution in [2.75, 3.05) is 46.4 Å². The van der Waals surface area contributed by atoms with E-state index in [0.717, 1.165) is 32.6 Å². The molecule has 0 aliphatic carbocycles. The molecule has 2 aliphatic heterocycles. The van der Waals surface area contributed by atoms with Gasteiger partial charge in [0.1, 0.15) is 0 Å². The summed E-state index contributed by atoms with van der Waals surface area (Å²) in [5, 5.41) is 3.31. The minimum Gasteiger partial charge on any atom is -0.465 e. The van der Waals surface area contributed by atoms with Crippen molar-refractivity contribution in [3.8, 4) is 0 Å². The Balaban J connectivity index is 0.00000225. The van der Waals surface area contributed by atoms with Gasteiger partial charge in [0.2, 0.25) is 10.0 Å². The molecule has 2 fully saturated rings. The number of piperazine rings is 1. The molecule has 2 aliphatic rings. The predicted octanol–water partition coefficient (Wildman–Crippen LogP) is 0.563. The van der Waals surface area contributed by atoms with Gasteiger partial charge in [0, 0.05) is 45.3 Å². The van der Waals surface area contributed by atoms with Crippen LogP contribution in [0.15, 0.2) is 29.2 Å². The summed E-state index contributed by atoms with van der Waals surface area (Å²) in [5.41, 5.74) is 0.247. The fourth-order valence-corrected chi connectivity index (χ4v) is 4.86. The van der Waals surface area contributed by atoms with Gasteiger partial charge in [-0.3, -0.25) is 4.90 Å². The Hall–Kier alpha value is -1.19. The van der Waals surface area contributed by atoms with Crippen molar-refractivity contribution in [2.24, 2.45) is 0 Å². The van der Waals surface area contributed by atoms with Crippen LogP contribution in [0.2, 0.25) is 0 Å². The summed E-state index contributed by atoms with van der Waals surface area (Å²) < 4.78 is 31.9. The molecule has 0 saturated carbocycles. The van der Waals surface area contributed by atoms with Crippen molar-refractivity contribution in [3.05, 3.63) is 29.8 Å². The SMILES string of the molecule is COC(=O)c1cccc(S(=O)(=O)N2CCC(N3CCNCC3)C2)c1.Cl. The van der Waals surface area contributed by atoms with Crippen LogP contribution in [0.4, 0.5) is 0 Å². The normalized spacial score (nSPS) is 22.4. The number of nitrogens with zero attached hydrogens (tertiary/aromatic N) is 2. The summed E-state index contributed by atoms with van der Waals surface area (Å²) in [7, 11) is -2.31. The van der Waals surface area contributed by atoms with E-state index >= 15 is 0 Å². The summed E-state index contributed by atoms with van der Waals surface area (Å²) in [4.78, 5) is 14.1. The predicted molar refractivity (Wildman–Crippen MR) is 96.6 cm³/mol. The molecule has 25 heavy (non-hydrogen) atoms. The molecular weight excluding hydrogens is 366 g/mol. The highest BCUT2D eigenvalue weighted by atomic mass is 35.5. The Labute approximate surface area is 154 Å². The van der Waals surface area contributed by atoms with Crippen LogP contribution < -0.4 is 5.32 Å². The zero-order valence-electron chi connectivity index (χ0n) is 14.2. The van der Waals surface area contributed by atoms with Crippen LogP contribution in [-0.2, 0) is 14.8 Å². The summed E-state index contributed by atoms with van der Waals surface area (Å²) in [6, 6.07) is 6.31. The quantitative estimate of drug-likeness (QED) is 0.758. The third-order valence-corrected chi connectivity index (χ3v) is 6.55. The van der Waals surface area contributed by atoms with Crippen molar-refractivity contribution in [3.63, 3.8) is 0 Å². The molecule has 9 heteroatoms. The standard InChI is InChI=1S/C16H23N3O4S.ClH/c1-23-16(20)13-3-2-4-15(11-13)24(21,22)19-8-5-14(12-19)18-9-6-17-7-10-18;/h2-4,11,14,17H,5-10,12H2,1H3;1H. The number of carbonyl (C=O) groups is 1. The van der Waals surface area contributed by atoms with Crippen LogP contribution in [-0.4, -0.2) is 76.0 Å². The van der Waals surface area contributed by atoms with E-state index in [1.807, 2.05) is 0 Å². The second-order valence-corrected chi connectivity index (χ2v) is 8.05. The van der Waals surface area contributed by atoms with Gasteiger partial charge in [-0.05, 0) is 24.6 Å². The second kappa shape index (κ2) is 8.46. The maximum Gasteiger partial charge on any atom is 0.337 e. The zero-order chi connectivity index (χ0) is 17.2. The molecule has 1 aromatic rings. The third kappa shape index (κ3) is 4.32. The van der Waals surface area contributed by atoms with E-state index in [1.165, 1.54) is 23.5 Å². The van der Waals surface area contributed by atoms with Crippen LogP contribution in [0.3, 0.4) is 0 Å². The number of esters is 1. The lowest BCUT2D eigenvalue weighted by Crippen LogP contribution is -2.49. The largest absolute Gasteiger partial charge is 0.465 e. The molecule has 1 atom stereocenters. The van der Waals surface area contributed by atoms with Crippen LogP contribution in [0.1, 0.15) is 16.8 Å². The maximum atomic E-state index is 12.9. The highest BCUT2D eigenvalue weighted by Gasteiger charge is 2.35. The topological polar surface area (TPSA) is 79.0 Å². The molecule has 3 rings (SSSR count). The molecule has 2 heterocycles. The average Bonchev–Trinajstić information content (AvgIpc) is 3.13. The number of sulfonamides is 1. The first kappa shape index (κ1) is 20.1. The van der Waals surface area contributed by atoms with Crippen molar-refractivity contribution in [1.29, 1.82) is 0 Å². The van der Waals surface area contributed by atoms with Crippen molar-refractivity contribution >= 4 is 28.4 Å². The molecule has 0 bridgehead atoms. The van der Waals surface area contributed by atoms with E-state index in [2.05, 4.69) is 15.0 Å². The molecule has 1 unspecified atom stereocenters. The molecule has 140 valence electrons. The first-order chi connectivity index (χ1) is 11.5. The maximum absolute atomic E-state index is 12.9. The molecule has 7 nitrogen and oxygen atoms in total. The number of hydrogen-bond acceptors (Lipinski definition) is 6. The van der Waals surface area contributed by atoms with E-state index in [0.29, 0.717) is 13.1 Å². The Morgan fingerprint density at radius 2 is 1.96 bits per heavy atom. The number of methoxy groups -OCH3 is 1. The van der Waals surface area contributed by atoms with Gasteiger partial charge in [0.25, 0.3) is 0 Å². The van der Waals surface area contributed by atoms with Gasteiger partial charge in [0.05, 0.1) is 17.6 Å². The van der Waals surface area contributed by atoms with E-state index in [-0.39, 0.29) is 28.9 Å². The first-order valence-corrected chi connectivity index (χ1v) is 9.59. The van der Waals surface area contributed by atoms with E-state index in [1.54, 1.807) is 12.1 Å². The smallest absolute Gasteiger partial charge is 0.337 e. The molecule has 0 aromatic heterocycles. The lowest BCUT2D eigenvalue weighted by Gasteiger charge is -2.32. The summed E-state index contributed by atoms with van der Waals surface area (Å²) in [6.07, 6.45) is 0.843. The van der Waals surface area contributed by atoms with Crippen LogP contribution in [0.5, 0.6) is 0 Å². The molecule has 0 spiro atoms. The van der Waals surface area contributed by atoms with E-state index in [9.17, 15) is 13.2 Å². The molecule has 1 aromatic carbocycles. The number of benzene rings is 1.